The van der Waals surface area contributed by atoms with Gasteiger partial charge in [-0.3, -0.25) is 4.90 Å². The minimum absolute atomic E-state index is 0.217. The summed E-state index contributed by atoms with van der Waals surface area (Å²) >= 11 is 3.43. The molecule has 0 fully saturated rings. The first-order valence-electron chi connectivity index (χ1n) is 6.05. The summed E-state index contributed by atoms with van der Waals surface area (Å²) in [4.78, 5) is 13.8. The first-order valence-corrected chi connectivity index (χ1v) is 6.84. The van der Waals surface area contributed by atoms with Crippen LogP contribution in [0, 0.1) is 0 Å². The van der Waals surface area contributed by atoms with Gasteiger partial charge in [-0.2, -0.15) is 0 Å². The number of halogens is 1. The van der Waals surface area contributed by atoms with E-state index in [0.29, 0.717) is 11.4 Å². The molecule has 0 unspecified atom stereocenters. The number of benzene rings is 2. The second kappa shape index (κ2) is 6.43. The van der Waals surface area contributed by atoms with Crippen molar-refractivity contribution < 1.29 is 9.53 Å². The molecule has 0 heterocycles. The molecule has 20 heavy (non-hydrogen) atoms. The molecule has 2 amide bonds. The molecule has 2 aromatic rings. The maximum Gasteiger partial charge on any atom is 0.326 e. The Kier molecular flexibility index (Phi) is 4.63. The molecule has 4 nitrogen and oxygen atoms in total. The Morgan fingerprint density at radius 1 is 1.20 bits per heavy atom. The lowest BCUT2D eigenvalue weighted by Gasteiger charge is -2.19. The van der Waals surface area contributed by atoms with Crippen molar-refractivity contribution in [2.24, 2.45) is 0 Å². The third-order valence-corrected chi connectivity index (χ3v) is 3.51. The SMILES string of the molecule is COc1cccc(NC(=O)N(C)c2ccccc2Br)c1. The summed E-state index contributed by atoms with van der Waals surface area (Å²) in [5, 5.41) is 2.83. The fraction of sp³-hybridized carbons (Fsp3) is 0.133. The first-order chi connectivity index (χ1) is 9.61. The summed E-state index contributed by atoms with van der Waals surface area (Å²) < 4.78 is 5.99. The number of urea groups is 1. The van der Waals surface area contributed by atoms with E-state index in [9.17, 15) is 4.79 Å². The molecule has 0 bridgehead atoms. The summed E-state index contributed by atoms with van der Waals surface area (Å²) in [5.41, 5.74) is 1.49. The van der Waals surface area contributed by atoms with E-state index >= 15 is 0 Å². The van der Waals surface area contributed by atoms with Crippen molar-refractivity contribution in [1.29, 1.82) is 0 Å². The van der Waals surface area contributed by atoms with Gasteiger partial charge in [0.2, 0.25) is 0 Å². The van der Waals surface area contributed by atoms with Gasteiger partial charge in [0.15, 0.2) is 0 Å². The number of rotatable bonds is 3. The van der Waals surface area contributed by atoms with E-state index in [1.54, 1.807) is 25.1 Å². The van der Waals surface area contributed by atoms with E-state index in [2.05, 4.69) is 21.2 Å². The summed E-state index contributed by atoms with van der Waals surface area (Å²) in [5.74, 6) is 0.700. The quantitative estimate of drug-likeness (QED) is 0.916. The van der Waals surface area contributed by atoms with Crippen LogP contribution in [0.5, 0.6) is 5.75 Å². The van der Waals surface area contributed by atoms with Crippen LogP contribution < -0.4 is 15.0 Å². The van der Waals surface area contributed by atoms with Crippen molar-refractivity contribution in [3.05, 3.63) is 53.0 Å². The van der Waals surface area contributed by atoms with Crippen LogP contribution in [0.25, 0.3) is 0 Å². The fourth-order valence-electron chi connectivity index (χ4n) is 1.74. The van der Waals surface area contributed by atoms with Gasteiger partial charge < -0.3 is 10.1 Å². The monoisotopic (exact) mass is 334 g/mol. The predicted octanol–water partition coefficient (Wildman–Crippen LogP) is 4.13. The molecule has 0 atom stereocenters. The van der Waals surface area contributed by atoms with Crippen LogP contribution >= 0.6 is 15.9 Å². The average Bonchev–Trinajstić information content (AvgIpc) is 2.47. The van der Waals surface area contributed by atoms with Crippen molar-refractivity contribution in [3.8, 4) is 5.75 Å². The Balaban J connectivity index is 2.13. The Bertz CT molecular complexity index is 616. The van der Waals surface area contributed by atoms with Crippen LogP contribution in [0.3, 0.4) is 0 Å². The summed E-state index contributed by atoms with van der Waals surface area (Å²) in [6.07, 6.45) is 0. The molecule has 1 N–H and O–H groups in total. The molecule has 0 aliphatic carbocycles. The number of nitrogens with zero attached hydrogens (tertiary/aromatic N) is 1. The molecule has 0 aliphatic rings. The number of carbonyl (C=O) groups excluding carboxylic acids is 1. The minimum atomic E-state index is -0.217. The molecule has 0 radical (unpaired) electrons. The third-order valence-electron chi connectivity index (χ3n) is 2.84. The van der Waals surface area contributed by atoms with Gasteiger partial charge in [0.05, 0.1) is 12.8 Å². The van der Waals surface area contributed by atoms with E-state index in [1.165, 1.54) is 0 Å². The molecule has 0 saturated heterocycles. The molecule has 0 spiro atoms. The van der Waals surface area contributed by atoms with Crippen LogP contribution in [-0.4, -0.2) is 20.2 Å². The molecule has 0 aliphatic heterocycles. The molecular weight excluding hydrogens is 320 g/mol. The highest BCUT2D eigenvalue weighted by molar-refractivity contribution is 9.10. The summed E-state index contributed by atoms with van der Waals surface area (Å²) in [6, 6.07) is 14.6. The second-order valence-corrected chi connectivity index (χ2v) is 5.03. The maximum absolute atomic E-state index is 12.2. The van der Waals surface area contributed by atoms with Gasteiger partial charge in [-0.15, -0.1) is 0 Å². The minimum Gasteiger partial charge on any atom is -0.497 e. The predicted molar refractivity (Wildman–Crippen MR) is 84.6 cm³/mol. The van der Waals surface area contributed by atoms with E-state index in [0.717, 1.165) is 10.2 Å². The topological polar surface area (TPSA) is 41.6 Å². The van der Waals surface area contributed by atoms with Gasteiger partial charge in [0.1, 0.15) is 5.75 Å². The fourth-order valence-corrected chi connectivity index (χ4v) is 2.29. The number of methoxy groups -OCH3 is 1. The number of ether oxygens (including phenoxy) is 1. The standard InChI is InChI=1S/C15H15BrN2O2/c1-18(14-9-4-3-8-13(14)16)15(19)17-11-6-5-7-12(10-11)20-2/h3-10H,1-2H3,(H,17,19). The largest absolute Gasteiger partial charge is 0.497 e. The zero-order valence-electron chi connectivity index (χ0n) is 11.3. The van der Waals surface area contributed by atoms with Crippen molar-refractivity contribution in [2.45, 2.75) is 0 Å². The van der Waals surface area contributed by atoms with Crippen molar-refractivity contribution >= 4 is 33.3 Å². The molecular formula is C15H15BrN2O2. The molecule has 0 aromatic heterocycles. The maximum atomic E-state index is 12.2. The molecule has 2 rings (SSSR count). The summed E-state index contributed by atoms with van der Waals surface area (Å²) in [7, 11) is 3.31. The summed E-state index contributed by atoms with van der Waals surface area (Å²) in [6.45, 7) is 0. The normalized spacial score (nSPS) is 9.95. The van der Waals surface area contributed by atoms with E-state index in [4.69, 9.17) is 4.74 Å². The zero-order chi connectivity index (χ0) is 14.5. The number of carbonyl (C=O) groups is 1. The van der Waals surface area contributed by atoms with Gasteiger partial charge >= 0.3 is 6.03 Å². The van der Waals surface area contributed by atoms with Crippen molar-refractivity contribution in [2.75, 3.05) is 24.4 Å². The van der Waals surface area contributed by atoms with Gasteiger partial charge in [0, 0.05) is 23.3 Å². The van der Waals surface area contributed by atoms with Crippen LogP contribution in [0.15, 0.2) is 53.0 Å². The van der Waals surface area contributed by atoms with Gasteiger partial charge in [-0.05, 0) is 40.2 Å². The van der Waals surface area contributed by atoms with E-state index < -0.39 is 0 Å². The average molecular weight is 335 g/mol. The van der Waals surface area contributed by atoms with Crippen molar-refractivity contribution in [1.82, 2.24) is 0 Å². The van der Waals surface area contributed by atoms with Gasteiger partial charge in [-0.25, -0.2) is 4.79 Å². The number of para-hydroxylation sites is 1. The van der Waals surface area contributed by atoms with Crippen LogP contribution in [0.4, 0.5) is 16.2 Å². The highest BCUT2D eigenvalue weighted by Gasteiger charge is 2.13. The van der Waals surface area contributed by atoms with Crippen molar-refractivity contribution in [3.63, 3.8) is 0 Å². The third kappa shape index (κ3) is 3.30. The molecule has 0 saturated carbocycles. The Labute approximate surface area is 126 Å². The van der Waals surface area contributed by atoms with Crippen LogP contribution in [0.1, 0.15) is 0 Å². The Morgan fingerprint density at radius 2 is 1.95 bits per heavy atom. The number of anilines is 2. The van der Waals surface area contributed by atoms with Crippen LogP contribution in [-0.2, 0) is 0 Å². The number of nitrogens with one attached hydrogen (secondary N) is 1. The van der Waals surface area contributed by atoms with Gasteiger partial charge in [0.25, 0.3) is 0 Å². The lowest BCUT2D eigenvalue weighted by atomic mass is 10.3. The molecule has 5 heteroatoms. The lowest BCUT2D eigenvalue weighted by Crippen LogP contribution is -2.31. The highest BCUT2D eigenvalue weighted by Crippen LogP contribution is 2.25. The molecule has 104 valence electrons. The van der Waals surface area contributed by atoms with E-state index in [-0.39, 0.29) is 6.03 Å². The van der Waals surface area contributed by atoms with E-state index in [1.807, 2.05) is 42.5 Å². The number of amides is 2. The molecule has 2 aromatic carbocycles. The highest BCUT2D eigenvalue weighted by atomic mass is 79.9. The Hall–Kier alpha value is -2.01. The first kappa shape index (κ1) is 14.4. The smallest absolute Gasteiger partial charge is 0.326 e. The van der Waals surface area contributed by atoms with Gasteiger partial charge in [-0.1, -0.05) is 18.2 Å². The lowest BCUT2D eigenvalue weighted by molar-refractivity contribution is 0.258. The zero-order valence-corrected chi connectivity index (χ0v) is 12.8. The number of hydrogen-bond acceptors (Lipinski definition) is 2. The number of hydrogen-bond donors (Lipinski definition) is 1. The van der Waals surface area contributed by atoms with Crippen LogP contribution in [0.2, 0.25) is 0 Å². The second-order valence-electron chi connectivity index (χ2n) is 4.17. The Morgan fingerprint density at radius 3 is 2.65 bits per heavy atom.